The minimum atomic E-state index is -0.0387. The third-order valence-corrected chi connectivity index (χ3v) is 4.80. The number of nitrogens with zero attached hydrogens (tertiary/aromatic N) is 1. The molecule has 1 aliphatic heterocycles. The average molecular weight is 339 g/mol. The normalized spacial score (nSPS) is 16.8. The van der Waals surface area contributed by atoms with Gasteiger partial charge >= 0.3 is 0 Å². The zero-order valence-electron chi connectivity index (χ0n) is 12.3. The molecule has 1 amide bonds. The molecule has 1 aromatic heterocycles. The molecule has 0 spiro atoms. The van der Waals surface area contributed by atoms with E-state index in [1.165, 1.54) is 10.4 Å². The Kier molecular flexibility index (Phi) is 5.45. The molecular weight excluding hydrogens is 320 g/mol. The second-order valence-electron chi connectivity index (χ2n) is 5.14. The number of amides is 1. The molecule has 1 aromatic carbocycles. The van der Waals surface area contributed by atoms with Crippen LogP contribution in [0.1, 0.15) is 22.0 Å². The predicted octanol–water partition coefficient (Wildman–Crippen LogP) is 2.87. The van der Waals surface area contributed by atoms with E-state index in [0.29, 0.717) is 0 Å². The molecule has 0 radical (unpaired) electrons. The highest BCUT2D eigenvalue weighted by Gasteiger charge is 2.32. The maximum Gasteiger partial charge on any atom is 0.249 e. The van der Waals surface area contributed by atoms with Crippen molar-refractivity contribution in [1.82, 2.24) is 4.90 Å². The van der Waals surface area contributed by atoms with Crippen LogP contribution in [0.5, 0.6) is 0 Å². The number of halogens is 1. The number of ether oxygens (including phenoxy) is 1. The Balaban J connectivity index is 0.00000176. The maximum atomic E-state index is 12.4. The first-order chi connectivity index (χ1) is 10.2. The number of fused-ring (bicyclic) bond motifs is 1. The summed E-state index contributed by atoms with van der Waals surface area (Å²) >= 11 is 1.76. The number of thiophene rings is 1. The lowest BCUT2D eigenvalue weighted by Gasteiger charge is -2.36. The maximum absolute atomic E-state index is 12.4. The number of benzene rings is 1. The molecule has 0 fully saturated rings. The van der Waals surface area contributed by atoms with Crippen molar-refractivity contribution in [3.8, 4) is 0 Å². The highest BCUT2D eigenvalue weighted by atomic mass is 35.5. The van der Waals surface area contributed by atoms with Crippen LogP contribution in [-0.2, 0) is 16.0 Å². The zero-order chi connectivity index (χ0) is 14.8. The van der Waals surface area contributed by atoms with Gasteiger partial charge < -0.3 is 15.4 Å². The van der Waals surface area contributed by atoms with Crippen molar-refractivity contribution in [3.05, 3.63) is 51.7 Å². The highest BCUT2D eigenvalue weighted by molar-refractivity contribution is 7.10. The number of hydrogen-bond donors (Lipinski definition) is 1. The van der Waals surface area contributed by atoms with Crippen LogP contribution in [0, 0.1) is 0 Å². The Morgan fingerprint density at radius 3 is 2.77 bits per heavy atom. The van der Waals surface area contributed by atoms with Gasteiger partial charge in [-0.2, -0.15) is 0 Å². The van der Waals surface area contributed by atoms with Gasteiger partial charge in [0, 0.05) is 24.2 Å². The third-order valence-electron chi connectivity index (χ3n) is 3.81. The van der Waals surface area contributed by atoms with E-state index in [0.717, 1.165) is 24.2 Å². The molecule has 2 heterocycles. The summed E-state index contributed by atoms with van der Waals surface area (Å²) in [6.45, 7) is 0.843. The lowest BCUT2D eigenvalue weighted by Crippen LogP contribution is -2.41. The van der Waals surface area contributed by atoms with Crippen LogP contribution >= 0.6 is 23.7 Å². The number of hydrogen-bond acceptors (Lipinski definition) is 4. The van der Waals surface area contributed by atoms with Crippen LogP contribution in [0.25, 0.3) is 0 Å². The van der Waals surface area contributed by atoms with Crippen LogP contribution in [0.3, 0.4) is 0 Å². The molecular formula is C16H19ClN2O2S. The van der Waals surface area contributed by atoms with E-state index in [1.54, 1.807) is 18.4 Å². The largest absolute Gasteiger partial charge is 0.399 e. The molecule has 4 nitrogen and oxygen atoms in total. The van der Waals surface area contributed by atoms with Crippen molar-refractivity contribution >= 4 is 35.3 Å². The fraction of sp³-hybridized carbons (Fsp3) is 0.312. The van der Waals surface area contributed by atoms with Crippen molar-refractivity contribution in [3.63, 3.8) is 0 Å². The topological polar surface area (TPSA) is 55.6 Å². The Labute approximate surface area is 140 Å². The molecule has 1 atom stereocenters. The van der Waals surface area contributed by atoms with Crippen LogP contribution in [0.15, 0.2) is 35.7 Å². The Morgan fingerprint density at radius 2 is 2.09 bits per heavy atom. The molecule has 6 heteroatoms. The fourth-order valence-electron chi connectivity index (χ4n) is 2.83. The van der Waals surface area contributed by atoms with Crippen LogP contribution in [0.2, 0.25) is 0 Å². The van der Waals surface area contributed by atoms with Crippen molar-refractivity contribution in [2.24, 2.45) is 0 Å². The van der Waals surface area contributed by atoms with E-state index in [1.807, 2.05) is 29.2 Å². The standard InChI is InChI=1S/C16H18N2O2S.ClH/c1-20-10-15(19)18-8-6-14-13(7-9-21-14)16(18)11-2-4-12(17)5-3-11;/h2-5,7,9,16H,6,8,10,17H2,1H3;1H. The number of nitrogens with two attached hydrogens (primary N) is 1. The number of anilines is 1. The summed E-state index contributed by atoms with van der Waals surface area (Å²) in [6, 6.07) is 9.85. The van der Waals surface area contributed by atoms with Gasteiger partial charge in [-0.3, -0.25) is 4.79 Å². The SMILES string of the molecule is COCC(=O)N1CCc2sccc2C1c1ccc(N)cc1.Cl. The van der Waals surface area contributed by atoms with Gasteiger partial charge in [0.1, 0.15) is 6.61 Å². The first-order valence-electron chi connectivity index (χ1n) is 6.91. The van der Waals surface area contributed by atoms with Crippen molar-refractivity contribution < 1.29 is 9.53 Å². The van der Waals surface area contributed by atoms with E-state index >= 15 is 0 Å². The van der Waals surface area contributed by atoms with Crippen molar-refractivity contribution in [2.75, 3.05) is 26.0 Å². The molecule has 2 N–H and O–H groups in total. The quantitative estimate of drug-likeness (QED) is 0.875. The van der Waals surface area contributed by atoms with Gasteiger partial charge in [0.25, 0.3) is 0 Å². The van der Waals surface area contributed by atoms with Gasteiger partial charge in [-0.1, -0.05) is 12.1 Å². The monoisotopic (exact) mass is 338 g/mol. The molecule has 2 aromatic rings. The van der Waals surface area contributed by atoms with Gasteiger partial charge in [-0.25, -0.2) is 0 Å². The minimum Gasteiger partial charge on any atom is -0.399 e. The molecule has 3 rings (SSSR count). The summed E-state index contributed by atoms with van der Waals surface area (Å²) in [5.41, 5.74) is 8.82. The van der Waals surface area contributed by atoms with Crippen molar-refractivity contribution in [2.45, 2.75) is 12.5 Å². The summed E-state index contributed by atoms with van der Waals surface area (Å²) in [6.07, 6.45) is 0.911. The first-order valence-corrected chi connectivity index (χ1v) is 7.79. The zero-order valence-corrected chi connectivity index (χ0v) is 14.0. The third kappa shape index (κ3) is 3.11. The number of rotatable bonds is 3. The minimum absolute atomic E-state index is 0. The molecule has 0 saturated carbocycles. The van der Waals surface area contributed by atoms with Gasteiger partial charge in [0.2, 0.25) is 5.91 Å². The highest BCUT2D eigenvalue weighted by Crippen LogP contribution is 2.37. The van der Waals surface area contributed by atoms with E-state index in [-0.39, 0.29) is 31.0 Å². The molecule has 1 aliphatic rings. The van der Waals surface area contributed by atoms with Gasteiger partial charge in [-0.15, -0.1) is 23.7 Å². The second kappa shape index (κ2) is 7.13. The Bertz CT molecular complexity index is 642. The predicted molar refractivity (Wildman–Crippen MR) is 91.6 cm³/mol. The molecule has 0 aliphatic carbocycles. The smallest absolute Gasteiger partial charge is 0.249 e. The van der Waals surface area contributed by atoms with E-state index < -0.39 is 0 Å². The summed E-state index contributed by atoms with van der Waals surface area (Å²) < 4.78 is 5.02. The fourth-order valence-corrected chi connectivity index (χ4v) is 3.73. The van der Waals surface area contributed by atoms with Gasteiger partial charge in [0.15, 0.2) is 0 Å². The molecule has 1 unspecified atom stereocenters. The number of carbonyl (C=O) groups excluding carboxylic acids is 1. The second-order valence-corrected chi connectivity index (χ2v) is 6.14. The summed E-state index contributed by atoms with van der Waals surface area (Å²) in [4.78, 5) is 15.6. The van der Waals surface area contributed by atoms with E-state index in [2.05, 4.69) is 11.4 Å². The molecule has 0 bridgehead atoms. The van der Waals surface area contributed by atoms with Gasteiger partial charge in [-0.05, 0) is 41.1 Å². The Hall–Kier alpha value is -1.56. The van der Waals surface area contributed by atoms with Crippen molar-refractivity contribution in [1.29, 1.82) is 0 Å². The number of methoxy groups -OCH3 is 1. The molecule has 22 heavy (non-hydrogen) atoms. The van der Waals surface area contributed by atoms with Crippen LogP contribution < -0.4 is 5.73 Å². The summed E-state index contributed by atoms with van der Waals surface area (Å²) in [7, 11) is 1.55. The van der Waals surface area contributed by atoms with Crippen LogP contribution in [0.4, 0.5) is 5.69 Å². The lowest BCUT2D eigenvalue weighted by molar-refractivity contribution is -0.137. The first kappa shape index (κ1) is 16.8. The van der Waals surface area contributed by atoms with Crippen LogP contribution in [-0.4, -0.2) is 31.1 Å². The number of carbonyl (C=O) groups is 1. The molecule has 118 valence electrons. The average Bonchev–Trinajstić information content (AvgIpc) is 2.96. The summed E-state index contributed by atoms with van der Waals surface area (Å²) in [5, 5.41) is 2.10. The lowest BCUT2D eigenvalue weighted by atomic mass is 9.93. The number of nitrogen functional groups attached to an aromatic ring is 1. The summed E-state index contributed by atoms with van der Waals surface area (Å²) in [5.74, 6) is 0.0242. The van der Waals surface area contributed by atoms with E-state index in [4.69, 9.17) is 10.5 Å². The molecule has 0 saturated heterocycles. The Morgan fingerprint density at radius 1 is 1.36 bits per heavy atom. The van der Waals surface area contributed by atoms with E-state index in [9.17, 15) is 4.79 Å². The van der Waals surface area contributed by atoms with Gasteiger partial charge in [0.05, 0.1) is 6.04 Å².